The highest BCUT2D eigenvalue weighted by Crippen LogP contribution is 2.25. The SMILES string of the molecule is CC(C)c1[nH]nc(C(=O)NCc2ccc(-n3ccnc3)c(F)c2)c1Br. The topological polar surface area (TPSA) is 75.6 Å². The Hall–Kier alpha value is -2.48. The van der Waals surface area contributed by atoms with Crippen LogP contribution in [0.1, 0.15) is 41.5 Å². The van der Waals surface area contributed by atoms with Crippen LogP contribution in [0.2, 0.25) is 0 Å². The third-order valence-corrected chi connectivity index (χ3v) is 4.58. The van der Waals surface area contributed by atoms with Gasteiger partial charge in [0.1, 0.15) is 5.82 Å². The van der Waals surface area contributed by atoms with E-state index in [1.165, 1.54) is 12.4 Å². The van der Waals surface area contributed by atoms with Crippen LogP contribution in [0.5, 0.6) is 0 Å². The zero-order chi connectivity index (χ0) is 18.0. The quantitative estimate of drug-likeness (QED) is 0.681. The summed E-state index contributed by atoms with van der Waals surface area (Å²) >= 11 is 3.40. The highest BCUT2D eigenvalue weighted by Gasteiger charge is 2.19. The molecule has 3 aromatic rings. The molecule has 0 spiro atoms. The molecule has 0 aliphatic heterocycles. The monoisotopic (exact) mass is 405 g/mol. The van der Waals surface area contributed by atoms with E-state index in [2.05, 4.69) is 36.4 Å². The molecule has 2 aromatic heterocycles. The molecular formula is C17H17BrFN5O. The molecule has 2 N–H and O–H groups in total. The predicted molar refractivity (Wildman–Crippen MR) is 95.1 cm³/mol. The maximum atomic E-state index is 14.2. The summed E-state index contributed by atoms with van der Waals surface area (Å²) in [5, 5.41) is 9.66. The molecule has 3 rings (SSSR count). The maximum Gasteiger partial charge on any atom is 0.273 e. The lowest BCUT2D eigenvalue weighted by Crippen LogP contribution is -2.23. The zero-order valence-corrected chi connectivity index (χ0v) is 15.3. The second-order valence-electron chi connectivity index (χ2n) is 5.89. The zero-order valence-electron chi connectivity index (χ0n) is 13.8. The first kappa shape index (κ1) is 17.3. The second kappa shape index (κ2) is 7.18. The van der Waals surface area contributed by atoms with Gasteiger partial charge in [-0.1, -0.05) is 19.9 Å². The van der Waals surface area contributed by atoms with E-state index >= 15 is 0 Å². The minimum atomic E-state index is -0.382. The molecule has 0 unspecified atom stereocenters. The summed E-state index contributed by atoms with van der Waals surface area (Å²) in [6, 6.07) is 4.81. The van der Waals surface area contributed by atoms with Gasteiger partial charge in [0.15, 0.2) is 5.69 Å². The molecule has 8 heteroatoms. The molecule has 1 aromatic carbocycles. The number of halogens is 2. The van der Waals surface area contributed by atoms with Crippen molar-refractivity contribution in [2.45, 2.75) is 26.3 Å². The highest BCUT2D eigenvalue weighted by molar-refractivity contribution is 9.10. The molecule has 2 heterocycles. The number of nitrogens with one attached hydrogen (secondary N) is 2. The van der Waals surface area contributed by atoms with Gasteiger partial charge < -0.3 is 9.88 Å². The first-order valence-corrected chi connectivity index (χ1v) is 8.55. The van der Waals surface area contributed by atoms with Crippen LogP contribution in [0.15, 0.2) is 41.4 Å². The number of aromatic nitrogens is 4. The summed E-state index contributed by atoms with van der Waals surface area (Å²) in [5.74, 6) is -0.491. The number of hydrogen-bond donors (Lipinski definition) is 2. The van der Waals surface area contributed by atoms with E-state index in [1.807, 2.05) is 13.8 Å². The van der Waals surface area contributed by atoms with Crippen LogP contribution >= 0.6 is 15.9 Å². The minimum absolute atomic E-state index is 0.205. The van der Waals surface area contributed by atoms with Crippen LogP contribution < -0.4 is 5.32 Å². The number of rotatable bonds is 5. The third-order valence-electron chi connectivity index (χ3n) is 3.77. The Kier molecular flexibility index (Phi) is 4.98. The summed E-state index contributed by atoms with van der Waals surface area (Å²) in [4.78, 5) is 16.2. The molecule has 0 saturated heterocycles. The first-order chi connectivity index (χ1) is 12.0. The van der Waals surface area contributed by atoms with Crippen LogP contribution in [0.4, 0.5) is 4.39 Å². The van der Waals surface area contributed by atoms with E-state index in [1.54, 1.807) is 29.1 Å². The van der Waals surface area contributed by atoms with Gasteiger partial charge in [-0.25, -0.2) is 9.37 Å². The van der Waals surface area contributed by atoms with Crippen molar-refractivity contribution in [2.75, 3.05) is 0 Å². The number of imidazole rings is 1. The molecule has 130 valence electrons. The van der Waals surface area contributed by atoms with E-state index in [-0.39, 0.29) is 24.2 Å². The van der Waals surface area contributed by atoms with E-state index in [0.29, 0.717) is 21.4 Å². The number of aromatic amines is 1. The Balaban J connectivity index is 1.69. The molecule has 0 aliphatic carbocycles. The molecule has 6 nitrogen and oxygen atoms in total. The number of nitrogens with zero attached hydrogens (tertiary/aromatic N) is 3. The average molecular weight is 406 g/mol. The van der Waals surface area contributed by atoms with E-state index in [0.717, 1.165) is 5.69 Å². The van der Waals surface area contributed by atoms with Crippen LogP contribution in [0, 0.1) is 5.82 Å². The molecule has 0 bridgehead atoms. The Morgan fingerprint density at radius 3 is 2.84 bits per heavy atom. The van der Waals surface area contributed by atoms with Crippen molar-refractivity contribution in [3.8, 4) is 5.69 Å². The van der Waals surface area contributed by atoms with Crippen LogP contribution in [-0.2, 0) is 6.54 Å². The lowest BCUT2D eigenvalue weighted by molar-refractivity contribution is 0.0945. The third kappa shape index (κ3) is 3.63. The first-order valence-electron chi connectivity index (χ1n) is 7.76. The van der Waals surface area contributed by atoms with Gasteiger partial charge in [-0.05, 0) is 39.5 Å². The fourth-order valence-electron chi connectivity index (χ4n) is 2.41. The summed E-state index contributed by atoms with van der Waals surface area (Å²) < 4.78 is 16.5. The Bertz CT molecular complexity index is 889. The van der Waals surface area contributed by atoms with Crippen molar-refractivity contribution < 1.29 is 9.18 Å². The van der Waals surface area contributed by atoms with Crippen LogP contribution in [-0.4, -0.2) is 25.7 Å². The predicted octanol–water partition coefficient (Wildman–Crippen LogP) is 3.55. The second-order valence-corrected chi connectivity index (χ2v) is 6.69. The normalized spacial score (nSPS) is 11.1. The van der Waals surface area contributed by atoms with Crippen LogP contribution in [0.25, 0.3) is 5.69 Å². The standard InChI is InChI=1S/C17H17BrFN5O/c1-10(2)15-14(18)16(23-22-15)17(25)21-8-11-3-4-13(12(19)7-11)24-6-5-20-9-24/h3-7,9-10H,8H2,1-2H3,(H,21,25)(H,22,23). The van der Waals surface area contributed by atoms with Gasteiger partial charge in [0.2, 0.25) is 0 Å². The van der Waals surface area contributed by atoms with Crippen molar-refractivity contribution in [1.29, 1.82) is 0 Å². The van der Waals surface area contributed by atoms with Crippen LogP contribution in [0.3, 0.4) is 0 Å². The lowest BCUT2D eigenvalue weighted by atomic mass is 10.1. The molecule has 0 fully saturated rings. The molecule has 0 saturated carbocycles. The van der Waals surface area contributed by atoms with Crippen molar-refractivity contribution in [2.24, 2.45) is 0 Å². The molecule has 1 amide bonds. The number of benzene rings is 1. The number of H-pyrrole nitrogens is 1. The molecule has 0 aliphatic rings. The average Bonchev–Trinajstić information content (AvgIpc) is 3.22. The van der Waals surface area contributed by atoms with E-state index < -0.39 is 0 Å². The Morgan fingerprint density at radius 2 is 2.24 bits per heavy atom. The van der Waals surface area contributed by atoms with Gasteiger partial charge in [-0.3, -0.25) is 9.89 Å². The van der Waals surface area contributed by atoms with Gasteiger partial charge in [0.05, 0.1) is 22.2 Å². The minimum Gasteiger partial charge on any atom is -0.347 e. The van der Waals surface area contributed by atoms with Gasteiger partial charge in [0.25, 0.3) is 5.91 Å². The summed E-state index contributed by atoms with van der Waals surface area (Å²) in [6.45, 7) is 4.21. The molecule has 0 radical (unpaired) electrons. The van der Waals surface area contributed by atoms with Crippen molar-refractivity contribution >= 4 is 21.8 Å². The number of hydrogen-bond acceptors (Lipinski definition) is 3. The smallest absolute Gasteiger partial charge is 0.273 e. The Labute approximate surface area is 152 Å². The summed E-state index contributed by atoms with van der Waals surface area (Å²) in [7, 11) is 0. The van der Waals surface area contributed by atoms with Gasteiger partial charge in [-0.15, -0.1) is 0 Å². The number of carbonyl (C=O) groups is 1. The molecule has 25 heavy (non-hydrogen) atoms. The van der Waals surface area contributed by atoms with Gasteiger partial charge >= 0.3 is 0 Å². The fraction of sp³-hybridized carbons (Fsp3) is 0.235. The van der Waals surface area contributed by atoms with Crippen molar-refractivity contribution in [3.63, 3.8) is 0 Å². The fourth-order valence-corrected chi connectivity index (χ4v) is 3.23. The summed E-state index contributed by atoms with van der Waals surface area (Å²) in [5.41, 5.74) is 2.22. The van der Waals surface area contributed by atoms with Gasteiger partial charge in [-0.2, -0.15) is 5.10 Å². The van der Waals surface area contributed by atoms with E-state index in [4.69, 9.17) is 0 Å². The lowest BCUT2D eigenvalue weighted by Gasteiger charge is -2.08. The summed E-state index contributed by atoms with van der Waals surface area (Å²) in [6.07, 6.45) is 4.78. The highest BCUT2D eigenvalue weighted by atomic mass is 79.9. The Morgan fingerprint density at radius 1 is 1.44 bits per heavy atom. The largest absolute Gasteiger partial charge is 0.347 e. The number of carbonyl (C=O) groups excluding carboxylic acids is 1. The van der Waals surface area contributed by atoms with Gasteiger partial charge in [0, 0.05) is 18.9 Å². The molecule has 0 atom stereocenters. The molecular weight excluding hydrogens is 389 g/mol. The van der Waals surface area contributed by atoms with Crippen molar-refractivity contribution in [3.05, 3.63) is 64.2 Å². The maximum absolute atomic E-state index is 14.2. The number of amides is 1. The van der Waals surface area contributed by atoms with Crippen molar-refractivity contribution in [1.82, 2.24) is 25.1 Å². The van der Waals surface area contributed by atoms with E-state index in [9.17, 15) is 9.18 Å².